The minimum atomic E-state index is -0.962. The van der Waals surface area contributed by atoms with Gasteiger partial charge < -0.3 is 10.4 Å². The van der Waals surface area contributed by atoms with E-state index in [1.54, 1.807) is 6.07 Å². The first-order valence-electron chi connectivity index (χ1n) is 5.98. The highest BCUT2D eigenvalue weighted by Gasteiger charge is 2.37. The Balaban J connectivity index is 2.28. The molecule has 1 aromatic carbocycles. The monoisotopic (exact) mass is 248 g/mol. The quantitative estimate of drug-likeness (QED) is 0.820. The lowest BCUT2D eigenvalue weighted by molar-refractivity contribution is -0.139. The molecule has 2 N–H and O–H groups in total. The number of hydrogen-bond donors (Lipinski definition) is 2. The Morgan fingerprint density at radius 2 is 2.17 bits per heavy atom. The van der Waals surface area contributed by atoms with Gasteiger partial charge in [0.05, 0.1) is 6.54 Å². The summed E-state index contributed by atoms with van der Waals surface area (Å²) < 4.78 is 0. The molecule has 0 bridgehead atoms. The van der Waals surface area contributed by atoms with Crippen LogP contribution in [0.4, 0.5) is 5.69 Å². The number of nitrogens with one attached hydrogen (secondary N) is 1. The van der Waals surface area contributed by atoms with E-state index in [1.807, 2.05) is 25.1 Å². The number of hydrogen-bond acceptors (Lipinski definition) is 3. The number of carboxylic acids is 1. The molecule has 1 atom stereocenters. The molecule has 0 spiro atoms. The molecule has 1 amide bonds. The van der Waals surface area contributed by atoms with Crippen molar-refractivity contribution in [2.45, 2.75) is 19.4 Å². The van der Waals surface area contributed by atoms with Crippen LogP contribution >= 0.6 is 0 Å². The summed E-state index contributed by atoms with van der Waals surface area (Å²) in [7, 11) is 0. The zero-order chi connectivity index (χ0) is 13.1. The topological polar surface area (TPSA) is 69.6 Å². The predicted octanol–water partition coefficient (Wildman–Crippen LogP) is 0.638. The Kier molecular flexibility index (Phi) is 3.62. The molecule has 0 aromatic heterocycles. The summed E-state index contributed by atoms with van der Waals surface area (Å²) in [5.74, 6) is -1.16. The first-order valence-corrected chi connectivity index (χ1v) is 5.98. The lowest BCUT2D eigenvalue weighted by Crippen LogP contribution is -2.46. The van der Waals surface area contributed by atoms with Crippen molar-refractivity contribution in [1.29, 1.82) is 0 Å². The number of nitrogens with zero attached hydrogens (tertiary/aromatic N) is 1. The Bertz CT molecular complexity index is 473. The normalized spacial score (nSPS) is 17.6. The predicted molar refractivity (Wildman–Crippen MR) is 67.6 cm³/mol. The van der Waals surface area contributed by atoms with Crippen LogP contribution in [0.25, 0.3) is 0 Å². The van der Waals surface area contributed by atoms with E-state index in [2.05, 4.69) is 5.32 Å². The van der Waals surface area contributed by atoms with Gasteiger partial charge in [-0.15, -0.1) is 0 Å². The number of likely N-dealkylation sites (N-methyl/N-ethyl adjacent to an activating group) is 1. The summed E-state index contributed by atoms with van der Waals surface area (Å²) in [6.45, 7) is 2.74. The number of aliphatic carboxylic acids is 1. The van der Waals surface area contributed by atoms with Gasteiger partial charge in [-0.2, -0.15) is 0 Å². The van der Waals surface area contributed by atoms with Crippen molar-refractivity contribution in [2.24, 2.45) is 0 Å². The maximum absolute atomic E-state index is 12.1. The SMILES string of the molecule is CCNCC(=O)N1c2ccccc2C[C@H]1C(=O)O. The van der Waals surface area contributed by atoms with E-state index in [9.17, 15) is 14.7 Å². The van der Waals surface area contributed by atoms with E-state index in [0.29, 0.717) is 18.7 Å². The molecule has 1 aromatic rings. The molecule has 96 valence electrons. The summed E-state index contributed by atoms with van der Waals surface area (Å²) in [5.41, 5.74) is 1.63. The fourth-order valence-electron chi connectivity index (χ4n) is 2.21. The molecule has 18 heavy (non-hydrogen) atoms. The number of carboxylic acid groups (broad SMARTS) is 1. The molecular formula is C13H16N2O3. The second-order valence-electron chi connectivity index (χ2n) is 4.23. The van der Waals surface area contributed by atoms with E-state index in [4.69, 9.17) is 0 Å². The zero-order valence-corrected chi connectivity index (χ0v) is 10.2. The van der Waals surface area contributed by atoms with Crippen molar-refractivity contribution in [2.75, 3.05) is 18.0 Å². The summed E-state index contributed by atoms with van der Waals surface area (Å²) in [4.78, 5) is 24.7. The molecule has 0 radical (unpaired) electrons. The Labute approximate surface area is 105 Å². The molecular weight excluding hydrogens is 232 g/mol. The standard InChI is InChI=1S/C13H16N2O3/c1-2-14-8-12(16)15-10-6-4-3-5-9(10)7-11(15)13(17)18/h3-6,11,14H,2,7-8H2,1H3,(H,17,18)/t11-/m0/s1. The summed E-state index contributed by atoms with van der Waals surface area (Å²) >= 11 is 0. The number of benzene rings is 1. The van der Waals surface area contributed by atoms with Gasteiger partial charge in [-0.1, -0.05) is 25.1 Å². The number of rotatable bonds is 4. The lowest BCUT2D eigenvalue weighted by Gasteiger charge is -2.22. The molecule has 1 aliphatic rings. The minimum absolute atomic E-state index is 0.161. The molecule has 1 aliphatic heterocycles. The van der Waals surface area contributed by atoms with Crippen LogP contribution in [-0.4, -0.2) is 36.1 Å². The first-order chi connectivity index (χ1) is 8.65. The lowest BCUT2D eigenvalue weighted by atomic mass is 10.1. The number of para-hydroxylation sites is 1. The van der Waals surface area contributed by atoms with Gasteiger partial charge in [0.1, 0.15) is 6.04 Å². The maximum atomic E-state index is 12.1. The molecule has 1 heterocycles. The van der Waals surface area contributed by atoms with Gasteiger partial charge in [-0.3, -0.25) is 9.69 Å². The van der Waals surface area contributed by atoms with Crippen LogP contribution in [0, 0.1) is 0 Å². The van der Waals surface area contributed by atoms with Gasteiger partial charge in [0.25, 0.3) is 0 Å². The van der Waals surface area contributed by atoms with Gasteiger partial charge in [0.2, 0.25) is 5.91 Å². The van der Waals surface area contributed by atoms with E-state index in [0.717, 1.165) is 5.56 Å². The van der Waals surface area contributed by atoms with Crippen LogP contribution in [0.2, 0.25) is 0 Å². The van der Waals surface area contributed by atoms with Crippen molar-refractivity contribution >= 4 is 17.6 Å². The van der Waals surface area contributed by atoms with Gasteiger partial charge in [0, 0.05) is 12.1 Å². The summed E-state index contributed by atoms with van der Waals surface area (Å²) in [6, 6.07) is 6.55. The third kappa shape index (κ3) is 2.22. The summed E-state index contributed by atoms with van der Waals surface area (Å²) in [6.07, 6.45) is 0.378. The van der Waals surface area contributed by atoms with Crippen LogP contribution < -0.4 is 10.2 Å². The van der Waals surface area contributed by atoms with Crippen LogP contribution in [0.3, 0.4) is 0 Å². The molecule has 0 fully saturated rings. The molecule has 0 saturated heterocycles. The van der Waals surface area contributed by atoms with Gasteiger partial charge in [0.15, 0.2) is 0 Å². The van der Waals surface area contributed by atoms with Crippen molar-refractivity contribution in [3.05, 3.63) is 29.8 Å². The fourth-order valence-corrected chi connectivity index (χ4v) is 2.21. The highest BCUT2D eigenvalue weighted by Crippen LogP contribution is 2.32. The first kappa shape index (κ1) is 12.6. The zero-order valence-electron chi connectivity index (χ0n) is 10.2. The number of amides is 1. The van der Waals surface area contributed by atoms with E-state index in [-0.39, 0.29) is 12.5 Å². The van der Waals surface area contributed by atoms with E-state index < -0.39 is 12.0 Å². The number of anilines is 1. The Morgan fingerprint density at radius 1 is 1.44 bits per heavy atom. The van der Waals surface area contributed by atoms with E-state index >= 15 is 0 Å². The smallest absolute Gasteiger partial charge is 0.327 e. The number of carbonyl (C=O) groups is 2. The van der Waals surface area contributed by atoms with Crippen molar-refractivity contribution in [1.82, 2.24) is 5.32 Å². The van der Waals surface area contributed by atoms with Crippen molar-refractivity contribution < 1.29 is 14.7 Å². The third-order valence-corrected chi connectivity index (χ3v) is 3.06. The van der Waals surface area contributed by atoms with Gasteiger partial charge >= 0.3 is 5.97 Å². The highest BCUT2D eigenvalue weighted by molar-refractivity contribution is 6.02. The van der Waals surface area contributed by atoms with Crippen LogP contribution in [0.1, 0.15) is 12.5 Å². The van der Waals surface area contributed by atoms with Crippen molar-refractivity contribution in [3.63, 3.8) is 0 Å². The van der Waals surface area contributed by atoms with Gasteiger partial charge in [-0.25, -0.2) is 4.79 Å². The molecule has 5 nitrogen and oxygen atoms in total. The average Bonchev–Trinajstić information content (AvgIpc) is 2.75. The molecule has 0 unspecified atom stereocenters. The summed E-state index contributed by atoms with van der Waals surface area (Å²) in [5, 5.41) is 12.1. The highest BCUT2D eigenvalue weighted by atomic mass is 16.4. The molecule has 2 rings (SSSR count). The fraction of sp³-hybridized carbons (Fsp3) is 0.385. The molecule has 5 heteroatoms. The molecule has 0 saturated carbocycles. The Hall–Kier alpha value is -1.88. The van der Waals surface area contributed by atoms with Gasteiger partial charge in [-0.05, 0) is 18.2 Å². The number of carbonyl (C=O) groups excluding carboxylic acids is 1. The van der Waals surface area contributed by atoms with E-state index in [1.165, 1.54) is 4.90 Å². The van der Waals surface area contributed by atoms with Crippen LogP contribution in [0.5, 0.6) is 0 Å². The number of fused-ring (bicyclic) bond motifs is 1. The molecule has 0 aliphatic carbocycles. The second kappa shape index (κ2) is 5.18. The van der Waals surface area contributed by atoms with Crippen LogP contribution in [-0.2, 0) is 16.0 Å². The van der Waals surface area contributed by atoms with Crippen molar-refractivity contribution in [3.8, 4) is 0 Å². The Morgan fingerprint density at radius 3 is 2.83 bits per heavy atom. The largest absolute Gasteiger partial charge is 0.480 e. The maximum Gasteiger partial charge on any atom is 0.327 e. The third-order valence-electron chi connectivity index (χ3n) is 3.06. The second-order valence-corrected chi connectivity index (χ2v) is 4.23. The van der Waals surface area contributed by atoms with Crippen LogP contribution in [0.15, 0.2) is 24.3 Å². The average molecular weight is 248 g/mol. The minimum Gasteiger partial charge on any atom is -0.480 e.